The number of hydrogen-bond donors (Lipinski definition) is 1. The van der Waals surface area contributed by atoms with E-state index < -0.39 is 11.4 Å². The Morgan fingerprint density at radius 3 is 2.32 bits per heavy atom. The SMILES string of the molecule is COC(=O)CN(C(=O)C1(C(N)=S)CC(C)C1)C(C)C. The van der Waals surface area contributed by atoms with Crippen molar-refractivity contribution >= 4 is 29.1 Å². The van der Waals surface area contributed by atoms with E-state index >= 15 is 0 Å². The van der Waals surface area contributed by atoms with Crippen molar-refractivity contribution in [2.45, 2.75) is 39.7 Å². The Hall–Kier alpha value is -1.17. The Bertz CT molecular complexity index is 389. The first-order valence-corrected chi connectivity index (χ1v) is 6.83. The molecule has 6 heteroatoms. The van der Waals surface area contributed by atoms with E-state index in [9.17, 15) is 9.59 Å². The van der Waals surface area contributed by atoms with Gasteiger partial charge in [-0.25, -0.2) is 0 Å². The lowest BCUT2D eigenvalue weighted by molar-refractivity contribution is -0.154. The third kappa shape index (κ3) is 3.05. The maximum atomic E-state index is 12.7. The number of thiocarbonyl (C=S) groups is 1. The molecule has 1 saturated carbocycles. The van der Waals surface area contributed by atoms with E-state index in [1.165, 1.54) is 12.0 Å². The highest BCUT2D eigenvalue weighted by Crippen LogP contribution is 2.47. The number of esters is 1. The zero-order chi connectivity index (χ0) is 14.8. The molecule has 2 N–H and O–H groups in total. The summed E-state index contributed by atoms with van der Waals surface area (Å²) in [5.74, 6) is -0.163. The van der Waals surface area contributed by atoms with E-state index in [2.05, 4.69) is 11.7 Å². The Morgan fingerprint density at radius 1 is 1.47 bits per heavy atom. The fraction of sp³-hybridized carbons (Fsp3) is 0.769. The van der Waals surface area contributed by atoms with Crippen molar-refractivity contribution in [3.63, 3.8) is 0 Å². The van der Waals surface area contributed by atoms with Gasteiger partial charge in [-0.05, 0) is 32.6 Å². The maximum absolute atomic E-state index is 12.7. The number of methoxy groups -OCH3 is 1. The number of nitrogens with zero attached hydrogens (tertiary/aromatic N) is 1. The van der Waals surface area contributed by atoms with Crippen molar-refractivity contribution in [1.29, 1.82) is 0 Å². The normalized spacial score (nSPS) is 25.6. The predicted molar refractivity (Wildman–Crippen MR) is 76.5 cm³/mol. The van der Waals surface area contributed by atoms with Crippen LogP contribution in [0.3, 0.4) is 0 Å². The van der Waals surface area contributed by atoms with Gasteiger partial charge < -0.3 is 15.4 Å². The standard InChI is InChI=1S/C13H22N2O3S/c1-8(2)15(7-10(16)18-4)12(17)13(11(14)19)5-9(3)6-13/h8-9H,5-7H2,1-4H3,(H2,14,19). The number of rotatable bonds is 5. The number of hydrogen-bond acceptors (Lipinski definition) is 4. The lowest BCUT2D eigenvalue weighted by atomic mass is 9.61. The van der Waals surface area contributed by atoms with E-state index in [1.807, 2.05) is 13.8 Å². The molecule has 19 heavy (non-hydrogen) atoms. The van der Waals surface area contributed by atoms with Crippen LogP contribution in [0, 0.1) is 11.3 Å². The number of carbonyl (C=O) groups excluding carboxylic acids is 2. The first-order valence-electron chi connectivity index (χ1n) is 6.42. The molecular weight excluding hydrogens is 264 g/mol. The molecule has 1 rings (SSSR count). The lowest BCUT2D eigenvalue weighted by Gasteiger charge is -2.47. The summed E-state index contributed by atoms with van der Waals surface area (Å²) < 4.78 is 4.63. The van der Waals surface area contributed by atoms with Crippen molar-refractivity contribution in [2.24, 2.45) is 17.1 Å². The predicted octanol–water partition coefficient (Wildman–Crippen LogP) is 1.10. The third-order valence-electron chi connectivity index (χ3n) is 3.69. The van der Waals surface area contributed by atoms with Crippen molar-refractivity contribution in [1.82, 2.24) is 4.90 Å². The molecule has 0 spiro atoms. The molecule has 108 valence electrons. The van der Waals surface area contributed by atoms with Crippen LogP contribution in [0.5, 0.6) is 0 Å². The summed E-state index contributed by atoms with van der Waals surface area (Å²) in [6.45, 7) is 5.71. The quantitative estimate of drug-likeness (QED) is 0.605. The minimum absolute atomic E-state index is 0.0637. The van der Waals surface area contributed by atoms with Gasteiger partial charge in [-0.15, -0.1) is 0 Å². The van der Waals surface area contributed by atoms with Gasteiger partial charge in [0, 0.05) is 6.04 Å². The van der Waals surface area contributed by atoms with Crippen LogP contribution in [0.2, 0.25) is 0 Å². The van der Waals surface area contributed by atoms with Gasteiger partial charge in [0.2, 0.25) is 5.91 Å². The van der Waals surface area contributed by atoms with Crippen LogP contribution in [-0.2, 0) is 14.3 Å². The van der Waals surface area contributed by atoms with Gasteiger partial charge in [0.1, 0.15) is 6.54 Å². The second-order valence-electron chi connectivity index (χ2n) is 5.56. The summed E-state index contributed by atoms with van der Waals surface area (Å²) in [6.07, 6.45) is 1.32. The average molecular weight is 286 g/mol. The zero-order valence-corrected chi connectivity index (χ0v) is 12.8. The summed E-state index contributed by atoms with van der Waals surface area (Å²) in [4.78, 5) is 25.8. The molecule has 0 aromatic heterocycles. The van der Waals surface area contributed by atoms with Crippen LogP contribution in [-0.4, -0.2) is 41.5 Å². The minimum Gasteiger partial charge on any atom is -0.468 e. The monoisotopic (exact) mass is 286 g/mol. The van der Waals surface area contributed by atoms with Gasteiger partial charge in [0.15, 0.2) is 0 Å². The minimum atomic E-state index is -0.771. The molecule has 0 bridgehead atoms. The summed E-state index contributed by atoms with van der Waals surface area (Å²) in [6, 6.07) is -0.103. The van der Waals surface area contributed by atoms with E-state index in [1.54, 1.807) is 0 Å². The fourth-order valence-corrected chi connectivity index (χ4v) is 2.83. The summed E-state index contributed by atoms with van der Waals surface area (Å²) in [5, 5.41) is 0. The van der Waals surface area contributed by atoms with E-state index in [0.717, 1.165) is 0 Å². The van der Waals surface area contributed by atoms with Gasteiger partial charge in [-0.1, -0.05) is 19.1 Å². The van der Waals surface area contributed by atoms with E-state index in [4.69, 9.17) is 18.0 Å². The van der Waals surface area contributed by atoms with Crippen molar-refractivity contribution < 1.29 is 14.3 Å². The van der Waals surface area contributed by atoms with Crippen LogP contribution < -0.4 is 5.73 Å². The molecule has 0 saturated heterocycles. The number of nitrogens with two attached hydrogens (primary N) is 1. The number of amides is 1. The summed E-state index contributed by atoms with van der Waals surface area (Å²) in [7, 11) is 1.31. The van der Waals surface area contributed by atoms with E-state index in [-0.39, 0.29) is 23.5 Å². The smallest absolute Gasteiger partial charge is 0.325 e. The molecular formula is C13H22N2O3S. The largest absolute Gasteiger partial charge is 0.468 e. The second-order valence-corrected chi connectivity index (χ2v) is 6.00. The van der Waals surface area contributed by atoms with Gasteiger partial charge in [0.05, 0.1) is 17.5 Å². The molecule has 1 fully saturated rings. The first kappa shape index (κ1) is 15.9. The maximum Gasteiger partial charge on any atom is 0.325 e. The van der Waals surface area contributed by atoms with Crippen molar-refractivity contribution in [3.05, 3.63) is 0 Å². The molecule has 0 atom stereocenters. The summed E-state index contributed by atoms with van der Waals surface area (Å²) in [5.41, 5.74) is 4.99. The molecule has 0 aromatic rings. The third-order valence-corrected chi connectivity index (χ3v) is 4.08. The average Bonchev–Trinajstić information content (AvgIpc) is 2.29. The van der Waals surface area contributed by atoms with Crippen LogP contribution >= 0.6 is 12.2 Å². The molecule has 1 aliphatic carbocycles. The number of ether oxygens (including phenoxy) is 1. The molecule has 0 aromatic carbocycles. The highest BCUT2D eigenvalue weighted by Gasteiger charge is 2.53. The van der Waals surface area contributed by atoms with Crippen LogP contribution in [0.15, 0.2) is 0 Å². The van der Waals surface area contributed by atoms with E-state index in [0.29, 0.717) is 18.8 Å². The van der Waals surface area contributed by atoms with Gasteiger partial charge in [-0.2, -0.15) is 0 Å². The molecule has 0 aliphatic heterocycles. The topological polar surface area (TPSA) is 72.6 Å². The highest BCUT2D eigenvalue weighted by atomic mass is 32.1. The highest BCUT2D eigenvalue weighted by molar-refractivity contribution is 7.80. The summed E-state index contributed by atoms with van der Waals surface area (Å²) >= 11 is 5.07. The molecule has 0 unspecified atom stereocenters. The second kappa shape index (κ2) is 5.86. The molecule has 5 nitrogen and oxygen atoms in total. The Morgan fingerprint density at radius 2 is 2.00 bits per heavy atom. The number of carbonyl (C=O) groups is 2. The Kier molecular flexibility index (Phi) is 4.90. The van der Waals surface area contributed by atoms with Gasteiger partial charge in [0.25, 0.3) is 0 Å². The van der Waals surface area contributed by atoms with Crippen LogP contribution in [0.25, 0.3) is 0 Å². The van der Waals surface area contributed by atoms with Crippen LogP contribution in [0.1, 0.15) is 33.6 Å². The molecule has 1 aliphatic rings. The zero-order valence-electron chi connectivity index (χ0n) is 11.9. The molecule has 0 radical (unpaired) electrons. The Labute approximate surface area is 119 Å². The van der Waals surface area contributed by atoms with Crippen molar-refractivity contribution in [3.8, 4) is 0 Å². The lowest BCUT2D eigenvalue weighted by Crippen LogP contribution is -2.59. The fourth-order valence-electron chi connectivity index (χ4n) is 2.58. The van der Waals surface area contributed by atoms with Gasteiger partial charge >= 0.3 is 5.97 Å². The first-order chi connectivity index (χ1) is 8.74. The molecule has 1 amide bonds. The Balaban J connectivity index is 2.92. The van der Waals surface area contributed by atoms with Crippen LogP contribution in [0.4, 0.5) is 0 Å². The van der Waals surface area contributed by atoms with Gasteiger partial charge in [-0.3, -0.25) is 9.59 Å². The van der Waals surface area contributed by atoms with Crippen molar-refractivity contribution in [2.75, 3.05) is 13.7 Å². The molecule has 0 heterocycles.